The second-order valence-electron chi connectivity index (χ2n) is 8.18. The zero-order valence-corrected chi connectivity index (χ0v) is 19.2. The van der Waals surface area contributed by atoms with E-state index >= 15 is 0 Å². The molecule has 4 aromatic rings. The van der Waals surface area contributed by atoms with Crippen molar-refractivity contribution < 1.29 is 33.8 Å². The fourth-order valence-corrected chi connectivity index (χ4v) is 4.30. The van der Waals surface area contributed by atoms with Gasteiger partial charge in [0, 0.05) is 11.1 Å². The Morgan fingerprint density at radius 1 is 0.972 bits per heavy atom. The Morgan fingerprint density at radius 3 is 2.44 bits per heavy atom. The molecule has 1 aliphatic rings. The number of rotatable bonds is 6. The number of amides is 1. The number of anilines is 1. The largest absolute Gasteiger partial charge is 0.508 e. The number of ketones is 1. The molecule has 0 spiro atoms. The number of nitrogens with zero attached hydrogens (tertiary/aromatic N) is 1. The Morgan fingerprint density at radius 2 is 1.72 bits per heavy atom. The SMILES string of the molecule is CCOC(=O)c1cccc(N2C(=O)C(O)=C(C(=O)c3cc4ccccc4o3)C2c2ccc(O)cc2)c1. The molecule has 0 fully saturated rings. The van der Waals surface area contributed by atoms with Crippen LogP contribution < -0.4 is 4.90 Å². The average molecular weight is 483 g/mol. The number of aliphatic hydroxyl groups is 1. The van der Waals surface area contributed by atoms with Crippen LogP contribution in [0.4, 0.5) is 5.69 Å². The summed E-state index contributed by atoms with van der Waals surface area (Å²) in [5.41, 5.74) is 1.27. The van der Waals surface area contributed by atoms with E-state index in [0.29, 0.717) is 16.5 Å². The molecular formula is C28H21NO7. The smallest absolute Gasteiger partial charge is 0.338 e. The molecular weight excluding hydrogens is 462 g/mol. The van der Waals surface area contributed by atoms with E-state index in [9.17, 15) is 24.6 Å². The van der Waals surface area contributed by atoms with Crippen LogP contribution >= 0.6 is 0 Å². The van der Waals surface area contributed by atoms with Gasteiger partial charge in [-0.2, -0.15) is 0 Å². The molecule has 8 nitrogen and oxygen atoms in total. The standard InChI is InChI=1S/C28H21NO7/c1-2-35-28(34)18-7-5-8-19(14-18)29-24(16-10-12-20(30)13-11-16)23(26(32)27(29)33)25(31)22-15-17-6-3-4-9-21(17)36-22/h3-15,24,30,32H,2H2,1H3. The number of hydrogen-bond donors (Lipinski definition) is 2. The lowest BCUT2D eigenvalue weighted by Crippen LogP contribution is -2.31. The van der Waals surface area contributed by atoms with E-state index in [1.807, 2.05) is 0 Å². The Balaban J connectivity index is 1.63. The van der Waals surface area contributed by atoms with E-state index in [-0.39, 0.29) is 34.9 Å². The monoisotopic (exact) mass is 483 g/mol. The number of aliphatic hydroxyl groups excluding tert-OH is 1. The lowest BCUT2D eigenvalue weighted by molar-refractivity contribution is -0.117. The third kappa shape index (κ3) is 3.88. The van der Waals surface area contributed by atoms with Crippen LogP contribution in [0.1, 0.15) is 39.4 Å². The van der Waals surface area contributed by atoms with Crippen molar-refractivity contribution in [3.63, 3.8) is 0 Å². The van der Waals surface area contributed by atoms with Gasteiger partial charge in [-0.05, 0) is 55.0 Å². The molecule has 0 aliphatic carbocycles. The first kappa shape index (κ1) is 22.9. The van der Waals surface area contributed by atoms with Gasteiger partial charge in [0.25, 0.3) is 5.91 Å². The fourth-order valence-electron chi connectivity index (χ4n) is 4.30. The summed E-state index contributed by atoms with van der Waals surface area (Å²) in [5.74, 6) is -2.79. The summed E-state index contributed by atoms with van der Waals surface area (Å²) in [5, 5.41) is 21.4. The number of benzene rings is 3. The van der Waals surface area contributed by atoms with Gasteiger partial charge in [0.15, 0.2) is 11.5 Å². The Hall–Kier alpha value is -4.85. The fraction of sp³-hybridized carbons (Fsp3) is 0.107. The molecule has 1 unspecified atom stereocenters. The van der Waals surface area contributed by atoms with Gasteiger partial charge in [-0.25, -0.2) is 4.79 Å². The third-order valence-corrected chi connectivity index (χ3v) is 5.95. The number of carbonyl (C=O) groups is 3. The van der Waals surface area contributed by atoms with Crippen molar-refractivity contribution in [1.29, 1.82) is 0 Å². The zero-order chi connectivity index (χ0) is 25.4. The predicted octanol–water partition coefficient (Wildman–Crippen LogP) is 5.10. The number of ether oxygens (including phenoxy) is 1. The summed E-state index contributed by atoms with van der Waals surface area (Å²) < 4.78 is 10.8. The first-order chi connectivity index (χ1) is 17.4. The van der Waals surface area contributed by atoms with Gasteiger partial charge >= 0.3 is 5.97 Å². The van der Waals surface area contributed by atoms with Gasteiger partial charge in [0.05, 0.1) is 23.8 Å². The minimum absolute atomic E-state index is 0.00251. The van der Waals surface area contributed by atoms with Gasteiger partial charge in [-0.15, -0.1) is 0 Å². The molecule has 1 amide bonds. The first-order valence-electron chi connectivity index (χ1n) is 11.2. The van der Waals surface area contributed by atoms with Crippen molar-refractivity contribution in [2.75, 3.05) is 11.5 Å². The Bertz CT molecular complexity index is 1500. The number of furan rings is 1. The van der Waals surface area contributed by atoms with E-state index in [0.717, 1.165) is 0 Å². The average Bonchev–Trinajstić information content (AvgIpc) is 3.43. The number of carbonyl (C=O) groups excluding carboxylic acids is 3. The number of Topliss-reactive ketones (excluding diaryl/α,β-unsaturated/α-hetero) is 1. The highest BCUT2D eigenvalue weighted by molar-refractivity contribution is 6.20. The van der Waals surface area contributed by atoms with Crippen LogP contribution in [0.15, 0.2) is 94.6 Å². The van der Waals surface area contributed by atoms with Gasteiger partial charge < -0.3 is 19.4 Å². The van der Waals surface area contributed by atoms with Crippen LogP contribution in [0.2, 0.25) is 0 Å². The summed E-state index contributed by atoms with van der Waals surface area (Å²) in [7, 11) is 0. The van der Waals surface area contributed by atoms with Gasteiger partial charge in [0.2, 0.25) is 5.78 Å². The zero-order valence-electron chi connectivity index (χ0n) is 19.2. The summed E-state index contributed by atoms with van der Waals surface area (Å²) in [6.07, 6.45) is 0. The maximum Gasteiger partial charge on any atom is 0.338 e. The van der Waals surface area contributed by atoms with Crippen molar-refractivity contribution in [2.24, 2.45) is 0 Å². The molecule has 8 heteroatoms. The van der Waals surface area contributed by atoms with Crippen molar-refractivity contribution >= 4 is 34.3 Å². The third-order valence-electron chi connectivity index (χ3n) is 5.95. The molecule has 2 N–H and O–H groups in total. The van der Waals surface area contributed by atoms with Crippen molar-refractivity contribution in [3.8, 4) is 5.75 Å². The highest BCUT2D eigenvalue weighted by Crippen LogP contribution is 2.42. The van der Waals surface area contributed by atoms with E-state index in [2.05, 4.69) is 0 Å². The van der Waals surface area contributed by atoms with Crippen LogP contribution in [0, 0.1) is 0 Å². The second-order valence-corrected chi connectivity index (χ2v) is 8.18. The number of para-hydroxylation sites is 1. The van der Waals surface area contributed by atoms with Crippen LogP contribution in [0.3, 0.4) is 0 Å². The quantitative estimate of drug-likeness (QED) is 0.289. The molecule has 3 aromatic carbocycles. The van der Waals surface area contributed by atoms with Gasteiger partial charge in [-0.3, -0.25) is 14.5 Å². The topological polar surface area (TPSA) is 117 Å². The second kappa shape index (κ2) is 9.07. The van der Waals surface area contributed by atoms with Gasteiger partial charge in [0.1, 0.15) is 11.3 Å². The summed E-state index contributed by atoms with van der Waals surface area (Å²) in [6.45, 7) is 1.87. The van der Waals surface area contributed by atoms with Crippen LogP contribution in [0.5, 0.6) is 5.75 Å². The molecule has 0 saturated heterocycles. The first-order valence-corrected chi connectivity index (χ1v) is 11.2. The van der Waals surface area contributed by atoms with Crippen LogP contribution in [-0.4, -0.2) is 34.5 Å². The molecule has 1 atom stereocenters. The number of esters is 1. The molecule has 5 rings (SSSR count). The molecule has 0 radical (unpaired) electrons. The normalized spacial score (nSPS) is 15.5. The number of phenolic OH excluding ortho intramolecular Hbond substituents is 1. The van der Waals surface area contributed by atoms with Crippen molar-refractivity contribution in [1.82, 2.24) is 0 Å². The highest BCUT2D eigenvalue weighted by atomic mass is 16.5. The van der Waals surface area contributed by atoms with Crippen molar-refractivity contribution in [3.05, 3.63) is 107 Å². The lowest BCUT2D eigenvalue weighted by Gasteiger charge is -2.27. The Labute approximate surface area is 205 Å². The number of fused-ring (bicyclic) bond motifs is 1. The van der Waals surface area contributed by atoms with E-state index < -0.39 is 29.5 Å². The predicted molar refractivity (Wildman–Crippen MR) is 131 cm³/mol. The molecule has 36 heavy (non-hydrogen) atoms. The van der Waals surface area contributed by atoms with Crippen LogP contribution in [-0.2, 0) is 9.53 Å². The molecule has 1 aromatic heterocycles. The van der Waals surface area contributed by atoms with E-state index in [1.165, 1.54) is 23.1 Å². The molecule has 1 aliphatic heterocycles. The molecule has 0 saturated carbocycles. The summed E-state index contributed by atoms with van der Waals surface area (Å²) in [4.78, 5) is 40.5. The van der Waals surface area contributed by atoms with Crippen molar-refractivity contribution in [2.45, 2.75) is 13.0 Å². The number of phenols is 1. The minimum Gasteiger partial charge on any atom is -0.508 e. The summed E-state index contributed by atoms with van der Waals surface area (Å²) >= 11 is 0. The van der Waals surface area contributed by atoms with E-state index in [1.54, 1.807) is 67.6 Å². The van der Waals surface area contributed by atoms with E-state index in [4.69, 9.17) is 9.15 Å². The maximum atomic E-state index is 13.6. The van der Waals surface area contributed by atoms with Crippen LogP contribution in [0.25, 0.3) is 11.0 Å². The molecule has 180 valence electrons. The maximum absolute atomic E-state index is 13.6. The summed E-state index contributed by atoms with van der Waals surface area (Å²) in [6, 6.07) is 19.7. The number of hydrogen-bond acceptors (Lipinski definition) is 7. The minimum atomic E-state index is -1.05. The lowest BCUT2D eigenvalue weighted by atomic mass is 9.94. The molecule has 0 bridgehead atoms. The Kier molecular flexibility index (Phi) is 5.77. The highest BCUT2D eigenvalue weighted by Gasteiger charge is 2.45. The van der Waals surface area contributed by atoms with Gasteiger partial charge in [-0.1, -0.05) is 36.4 Å². The molecule has 2 heterocycles. The number of aromatic hydroxyl groups is 1.